The van der Waals surface area contributed by atoms with Gasteiger partial charge in [-0.05, 0) is 31.5 Å². The molecule has 1 aromatic carbocycles. The fourth-order valence-electron chi connectivity index (χ4n) is 2.77. The van der Waals surface area contributed by atoms with Crippen molar-refractivity contribution in [1.82, 2.24) is 5.32 Å². The maximum absolute atomic E-state index is 6.26. The summed E-state index contributed by atoms with van der Waals surface area (Å²) < 4.78 is 6.26. The van der Waals surface area contributed by atoms with Crippen molar-refractivity contribution in [3.63, 3.8) is 0 Å². The van der Waals surface area contributed by atoms with Crippen LogP contribution in [0.1, 0.15) is 52.4 Å². The van der Waals surface area contributed by atoms with Crippen LogP contribution in [-0.4, -0.2) is 24.4 Å². The van der Waals surface area contributed by atoms with Gasteiger partial charge in [-0.25, -0.2) is 0 Å². The lowest BCUT2D eigenvalue weighted by molar-refractivity contribution is 0.158. The molecule has 0 fully saturated rings. The lowest BCUT2D eigenvalue weighted by Gasteiger charge is -2.32. The number of para-hydroxylation sites is 1. The normalized spacial score (nSPS) is 18.9. The molecule has 0 aromatic heterocycles. The molecule has 3 heteroatoms. The zero-order valence-corrected chi connectivity index (χ0v) is 14.3. The maximum Gasteiger partial charge on any atom is 0.133 e. The van der Waals surface area contributed by atoms with Gasteiger partial charge in [-0.3, -0.25) is 0 Å². The molecule has 2 rings (SSSR count). The standard InChI is InChI=1S/C18H29NOS/c1-3-5-6-7-10-15(19-13-4-2)17-14-21-18-12-9-8-11-16(18)20-17/h8-9,11-12,15,17,19H,3-7,10,13-14H2,1-2H3. The number of hydrogen-bond donors (Lipinski definition) is 1. The van der Waals surface area contributed by atoms with E-state index < -0.39 is 0 Å². The second-order valence-electron chi connectivity index (χ2n) is 5.82. The summed E-state index contributed by atoms with van der Waals surface area (Å²) in [4.78, 5) is 1.29. The molecule has 0 bridgehead atoms. The average Bonchev–Trinajstić information content (AvgIpc) is 2.54. The molecule has 118 valence electrons. The van der Waals surface area contributed by atoms with E-state index in [-0.39, 0.29) is 0 Å². The fourth-order valence-corrected chi connectivity index (χ4v) is 3.85. The van der Waals surface area contributed by atoms with E-state index in [2.05, 4.69) is 43.4 Å². The van der Waals surface area contributed by atoms with E-state index >= 15 is 0 Å². The number of rotatable bonds is 9. The Morgan fingerprint density at radius 3 is 2.86 bits per heavy atom. The van der Waals surface area contributed by atoms with Gasteiger partial charge in [0, 0.05) is 16.7 Å². The van der Waals surface area contributed by atoms with Gasteiger partial charge in [-0.2, -0.15) is 0 Å². The Hall–Kier alpha value is -0.670. The maximum atomic E-state index is 6.26. The first-order chi connectivity index (χ1) is 10.3. The van der Waals surface area contributed by atoms with Gasteiger partial charge in [-0.1, -0.05) is 51.7 Å². The second kappa shape index (κ2) is 9.37. The van der Waals surface area contributed by atoms with Crippen molar-refractivity contribution in [2.75, 3.05) is 12.3 Å². The number of unbranched alkanes of at least 4 members (excludes halogenated alkanes) is 3. The SMILES string of the molecule is CCCCCCC(NCCC)C1CSc2ccccc2O1. The third-order valence-corrected chi connectivity index (χ3v) is 5.15. The Balaban J connectivity index is 1.90. The molecule has 0 amide bonds. The Morgan fingerprint density at radius 2 is 2.05 bits per heavy atom. The molecule has 1 aliphatic heterocycles. The third kappa shape index (κ3) is 5.23. The van der Waals surface area contributed by atoms with E-state index in [9.17, 15) is 0 Å². The molecule has 1 aliphatic rings. The number of benzene rings is 1. The van der Waals surface area contributed by atoms with E-state index in [4.69, 9.17) is 4.74 Å². The summed E-state index contributed by atoms with van der Waals surface area (Å²) in [6.07, 6.45) is 8.02. The second-order valence-corrected chi connectivity index (χ2v) is 6.89. The first kappa shape index (κ1) is 16.7. The van der Waals surface area contributed by atoms with E-state index in [1.54, 1.807) is 0 Å². The molecule has 0 saturated carbocycles. The predicted molar refractivity (Wildman–Crippen MR) is 92.4 cm³/mol. The zero-order valence-electron chi connectivity index (χ0n) is 13.4. The molecule has 2 atom stereocenters. The summed E-state index contributed by atoms with van der Waals surface area (Å²) in [6, 6.07) is 8.90. The van der Waals surface area contributed by atoms with Gasteiger partial charge in [0.25, 0.3) is 0 Å². The Kier molecular flexibility index (Phi) is 7.45. The van der Waals surface area contributed by atoms with Crippen LogP contribution in [0.25, 0.3) is 0 Å². The molecule has 0 spiro atoms. The Bertz CT molecular complexity index is 410. The van der Waals surface area contributed by atoms with Gasteiger partial charge < -0.3 is 10.1 Å². The highest BCUT2D eigenvalue weighted by Gasteiger charge is 2.27. The van der Waals surface area contributed by atoms with Crippen molar-refractivity contribution in [3.05, 3.63) is 24.3 Å². The minimum atomic E-state index is 0.304. The minimum absolute atomic E-state index is 0.304. The molecule has 0 radical (unpaired) electrons. The smallest absolute Gasteiger partial charge is 0.133 e. The molecule has 0 aliphatic carbocycles. The predicted octanol–water partition coefficient (Wildman–Crippen LogP) is 4.88. The van der Waals surface area contributed by atoms with E-state index in [0.29, 0.717) is 12.1 Å². The summed E-state index contributed by atoms with van der Waals surface area (Å²) in [5.41, 5.74) is 0. The van der Waals surface area contributed by atoms with Crippen molar-refractivity contribution < 1.29 is 4.74 Å². The minimum Gasteiger partial charge on any atom is -0.487 e. The van der Waals surface area contributed by atoms with Crippen LogP contribution in [0.5, 0.6) is 5.75 Å². The zero-order chi connectivity index (χ0) is 14.9. The van der Waals surface area contributed by atoms with Crippen molar-refractivity contribution in [3.8, 4) is 5.75 Å². The Morgan fingerprint density at radius 1 is 1.19 bits per heavy atom. The molecular weight excluding hydrogens is 278 g/mol. The highest BCUT2D eigenvalue weighted by molar-refractivity contribution is 7.99. The fraction of sp³-hybridized carbons (Fsp3) is 0.667. The summed E-state index contributed by atoms with van der Waals surface area (Å²) in [6.45, 7) is 5.59. The topological polar surface area (TPSA) is 21.3 Å². The average molecular weight is 308 g/mol. The van der Waals surface area contributed by atoms with Crippen LogP contribution in [0.3, 0.4) is 0 Å². The van der Waals surface area contributed by atoms with Gasteiger partial charge >= 0.3 is 0 Å². The molecule has 1 heterocycles. The summed E-state index contributed by atoms with van der Waals surface area (Å²) in [5, 5.41) is 3.71. The van der Waals surface area contributed by atoms with Crippen molar-refractivity contribution in [2.24, 2.45) is 0 Å². The molecule has 1 aromatic rings. The molecule has 21 heavy (non-hydrogen) atoms. The first-order valence-electron chi connectivity index (χ1n) is 8.47. The van der Waals surface area contributed by atoms with Crippen LogP contribution >= 0.6 is 11.8 Å². The van der Waals surface area contributed by atoms with Crippen LogP contribution < -0.4 is 10.1 Å². The highest BCUT2D eigenvalue weighted by Crippen LogP contribution is 2.36. The van der Waals surface area contributed by atoms with Crippen molar-refractivity contribution in [2.45, 2.75) is 69.4 Å². The van der Waals surface area contributed by atoms with Crippen molar-refractivity contribution >= 4 is 11.8 Å². The van der Waals surface area contributed by atoms with Gasteiger partial charge in [0.05, 0.1) is 0 Å². The van der Waals surface area contributed by atoms with Crippen molar-refractivity contribution in [1.29, 1.82) is 0 Å². The van der Waals surface area contributed by atoms with E-state index in [0.717, 1.165) is 18.0 Å². The molecular formula is C18H29NOS. The van der Waals surface area contributed by atoms with Gasteiger partial charge in [0.15, 0.2) is 0 Å². The van der Waals surface area contributed by atoms with Crippen LogP contribution in [-0.2, 0) is 0 Å². The number of thioether (sulfide) groups is 1. The number of nitrogens with one attached hydrogen (secondary N) is 1. The molecule has 2 nitrogen and oxygen atoms in total. The quantitative estimate of drug-likeness (QED) is 0.657. The first-order valence-corrected chi connectivity index (χ1v) is 9.45. The van der Waals surface area contributed by atoms with Gasteiger partial charge in [-0.15, -0.1) is 11.8 Å². The van der Waals surface area contributed by atoms with Gasteiger partial charge in [0.1, 0.15) is 11.9 Å². The highest BCUT2D eigenvalue weighted by atomic mass is 32.2. The summed E-state index contributed by atoms with van der Waals surface area (Å²) in [5.74, 6) is 2.13. The Labute approximate surface area is 134 Å². The summed E-state index contributed by atoms with van der Waals surface area (Å²) in [7, 11) is 0. The largest absolute Gasteiger partial charge is 0.487 e. The number of hydrogen-bond acceptors (Lipinski definition) is 3. The van der Waals surface area contributed by atoms with E-state index in [1.807, 2.05) is 11.8 Å². The third-order valence-electron chi connectivity index (χ3n) is 4.00. The molecule has 0 saturated heterocycles. The lowest BCUT2D eigenvalue weighted by Crippen LogP contribution is -2.46. The van der Waals surface area contributed by atoms with Crippen LogP contribution in [0.2, 0.25) is 0 Å². The number of fused-ring (bicyclic) bond motifs is 1. The van der Waals surface area contributed by atoms with Gasteiger partial charge in [0.2, 0.25) is 0 Å². The van der Waals surface area contributed by atoms with Crippen LogP contribution in [0.15, 0.2) is 29.2 Å². The van der Waals surface area contributed by atoms with Crippen LogP contribution in [0, 0.1) is 0 Å². The number of ether oxygens (including phenoxy) is 1. The monoisotopic (exact) mass is 307 g/mol. The van der Waals surface area contributed by atoms with Crippen LogP contribution in [0.4, 0.5) is 0 Å². The lowest BCUT2D eigenvalue weighted by atomic mass is 10.0. The molecule has 2 unspecified atom stereocenters. The van der Waals surface area contributed by atoms with E-state index in [1.165, 1.54) is 43.4 Å². The summed E-state index contributed by atoms with van der Waals surface area (Å²) >= 11 is 1.94. The molecule has 1 N–H and O–H groups in total.